The number of hydrogen-bond acceptors (Lipinski definition) is 3. The highest BCUT2D eigenvalue weighted by Gasteiger charge is 2.08. The molecule has 0 aliphatic rings. The number of benzene rings is 2. The highest BCUT2D eigenvalue weighted by molar-refractivity contribution is 5.70. The Kier molecular flexibility index (Phi) is 4.52. The van der Waals surface area contributed by atoms with Gasteiger partial charge in [-0.3, -0.25) is 4.79 Å². The standard InChI is InChI=1S/C16H13FN2O2/c17-14-7-11(9-18)5-6-15(14)19-10-13-4-2-1-3-12(13)8-16(20)21/h1-7,19H,8,10H2,(H,20,21). The van der Waals surface area contributed by atoms with E-state index in [1.165, 1.54) is 12.1 Å². The number of carboxylic acid groups (broad SMARTS) is 1. The molecule has 0 atom stereocenters. The second-order valence-electron chi connectivity index (χ2n) is 4.50. The van der Waals surface area contributed by atoms with Crippen molar-refractivity contribution < 1.29 is 14.3 Å². The molecule has 0 aromatic heterocycles. The van der Waals surface area contributed by atoms with Crippen molar-refractivity contribution in [1.82, 2.24) is 0 Å². The van der Waals surface area contributed by atoms with E-state index in [1.54, 1.807) is 24.3 Å². The molecule has 0 saturated heterocycles. The van der Waals surface area contributed by atoms with Crippen LogP contribution in [0.3, 0.4) is 0 Å². The van der Waals surface area contributed by atoms with E-state index in [-0.39, 0.29) is 17.7 Å². The van der Waals surface area contributed by atoms with Crippen LogP contribution in [-0.2, 0) is 17.8 Å². The number of nitrogens with one attached hydrogen (secondary N) is 1. The van der Waals surface area contributed by atoms with Crippen LogP contribution in [0.1, 0.15) is 16.7 Å². The van der Waals surface area contributed by atoms with Crippen molar-refractivity contribution in [3.05, 3.63) is 65.0 Å². The molecule has 0 bridgehead atoms. The highest BCUT2D eigenvalue weighted by Crippen LogP contribution is 2.18. The topological polar surface area (TPSA) is 73.1 Å². The van der Waals surface area contributed by atoms with Gasteiger partial charge in [0.05, 0.1) is 23.7 Å². The van der Waals surface area contributed by atoms with Crippen molar-refractivity contribution in [2.75, 3.05) is 5.32 Å². The number of aliphatic carboxylic acids is 1. The van der Waals surface area contributed by atoms with Gasteiger partial charge in [0.1, 0.15) is 5.82 Å². The second kappa shape index (κ2) is 6.53. The minimum absolute atomic E-state index is 0.0757. The molecular weight excluding hydrogens is 271 g/mol. The molecule has 0 heterocycles. The summed E-state index contributed by atoms with van der Waals surface area (Å²) in [5.41, 5.74) is 2.01. The van der Waals surface area contributed by atoms with Crippen molar-refractivity contribution in [2.45, 2.75) is 13.0 Å². The van der Waals surface area contributed by atoms with E-state index in [9.17, 15) is 9.18 Å². The third kappa shape index (κ3) is 3.80. The predicted octanol–water partition coefficient (Wildman–Crippen LogP) is 2.94. The molecule has 0 spiro atoms. The van der Waals surface area contributed by atoms with E-state index >= 15 is 0 Å². The van der Waals surface area contributed by atoms with Gasteiger partial charge in [0.25, 0.3) is 0 Å². The number of nitriles is 1. The fraction of sp³-hybridized carbons (Fsp3) is 0.125. The van der Waals surface area contributed by atoms with Crippen LogP contribution in [0.4, 0.5) is 10.1 Å². The molecule has 0 aliphatic heterocycles. The Balaban J connectivity index is 2.13. The van der Waals surface area contributed by atoms with E-state index in [1.807, 2.05) is 6.07 Å². The molecule has 0 unspecified atom stereocenters. The number of anilines is 1. The van der Waals surface area contributed by atoms with E-state index in [0.29, 0.717) is 12.1 Å². The maximum absolute atomic E-state index is 13.7. The molecule has 4 nitrogen and oxygen atoms in total. The van der Waals surface area contributed by atoms with Gasteiger partial charge in [-0.15, -0.1) is 0 Å². The maximum atomic E-state index is 13.7. The fourth-order valence-corrected chi connectivity index (χ4v) is 1.98. The summed E-state index contributed by atoms with van der Waals surface area (Å²) in [6.45, 7) is 0.312. The highest BCUT2D eigenvalue weighted by atomic mass is 19.1. The average molecular weight is 284 g/mol. The number of nitrogens with zero attached hydrogens (tertiary/aromatic N) is 1. The molecule has 2 N–H and O–H groups in total. The van der Waals surface area contributed by atoms with Gasteiger partial charge in [-0.25, -0.2) is 4.39 Å². The number of carboxylic acids is 1. The minimum Gasteiger partial charge on any atom is -0.481 e. The summed E-state index contributed by atoms with van der Waals surface area (Å²) in [7, 11) is 0. The zero-order chi connectivity index (χ0) is 15.2. The lowest BCUT2D eigenvalue weighted by Crippen LogP contribution is -2.08. The van der Waals surface area contributed by atoms with Gasteiger partial charge in [0.15, 0.2) is 0 Å². The van der Waals surface area contributed by atoms with Gasteiger partial charge < -0.3 is 10.4 Å². The molecule has 0 saturated carbocycles. The summed E-state index contributed by atoms with van der Waals surface area (Å²) in [5, 5.41) is 20.5. The SMILES string of the molecule is N#Cc1ccc(NCc2ccccc2CC(=O)O)c(F)c1. The summed E-state index contributed by atoms with van der Waals surface area (Å²) in [4.78, 5) is 10.8. The third-order valence-corrected chi connectivity index (χ3v) is 3.03. The van der Waals surface area contributed by atoms with Gasteiger partial charge >= 0.3 is 5.97 Å². The molecule has 2 aromatic carbocycles. The number of halogens is 1. The van der Waals surface area contributed by atoms with Crippen LogP contribution in [0.2, 0.25) is 0 Å². The second-order valence-corrected chi connectivity index (χ2v) is 4.50. The Morgan fingerprint density at radius 1 is 1.24 bits per heavy atom. The van der Waals surface area contributed by atoms with Gasteiger partial charge in [0, 0.05) is 6.54 Å². The third-order valence-electron chi connectivity index (χ3n) is 3.03. The molecule has 2 aromatic rings. The van der Waals surface area contributed by atoms with Crippen LogP contribution < -0.4 is 5.32 Å². The number of hydrogen-bond donors (Lipinski definition) is 2. The maximum Gasteiger partial charge on any atom is 0.307 e. The van der Waals surface area contributed by atoms with Crippen LogP contribution >= 0.6 is 0 Å². The summed E-state index contributed by atoms with van der Waals surface area (Å²) in [6.07, 6.45) is -0.0757. The first-order valence-corrected chi connectivity index (χ1v) is 6.32. The molecule has 0 radical (unpaired) electrons. The van der Waals surface area contributed by atoms with Crippen LogP contribution in [0.15, 0.2) is 42.5 Å². The lowest BCUT2D eigenvalue weighted by atomic mass is 10.0. The Morgan fingerprint density at radius 2 is 1.95 bits per heavy atom. The Bertz CT molecular complexity index is 708. The Labute approximate surface area is 121 Å². The van der Waals surface area contributed by atoms with Crippen molar-refractivity contribution in [3.63, 3.8) is 0 Å². The normalized spacial score (nSPS) is 9.90. The van der Waals surface area contributed by atoms with Crippen molar-refractivity contribution >= 4 is 11.7 Å². The van der Waals surface area contributed by atoms with E-state index in [2.05, 4.69) is 5.32 Å². The molecule has 0 amide bonds. The molecule has 106 valence electrons. The van der Waals surface area contributed by atoms with Gasteiger partial charge in [0.2, 0.25) is 0 Å². The summed E-state index contributed by atoms with van der Waals surface area (Å²) in [6, 6.07) is 13.1. The summed E-state index contributed by atoms with van der Waals surface area (Å²) in [5.74, 6) is -1.42. The summed E-state index contributed by atoms with van der Waals surface area (Å²) < 4.78 is 13.7. The zero-order valence-electron chi connectivity index (χ0n) is 11.1. The lowest BCUT2D eigenvalue weighted by Gasteiger charge is -2.11. The van der Waals surface area contributed by atoms with Crippen molar-refractivity contribution in [1.29, 1.82) is 5.26 Å². The average Bonchev–Trinajstić information content (AvgIpc) is 2.46. The smallest absolute Gasteiger partial charge is 0.307 e. The largest absolute Gasteiger partial charge is 0.481 e. The number of carbonyl (C=O) groups is 1. The van der Waals surface area contributed by atoms with Crippen LogP contribution in [0.25, 0.3) is 0 Å². The van der Waals surface area contributed by atoms with Gasteiger partial charge in [-0.2, -0.15) is 5.26 Å². The van der Waals surface area contributed by atoms with Gasteiger partial charge in [-0.05, 0) is 29.3 Å². The molecule has 0 fully saturated rings. The number of rotatable bonds is 5. The van der Waals surface area contributed by atoms with Crippen LogP contribution in [0.5, 0.6) is 0 Å². The quantitative estimate of drug-likeness (QED) is 0.885. The van der Waals surface area contributed by atoms with E-state index < -0.39 is 11.8 Å². The molecular formula is C16H13FN2O2. The fourth-order valence-electron chi connectivity index (χ4n) is 1.98. The van der Waals surface area contributed by atoms with Crippen LogP contribution in [-0.4, -0.2) is 11.1 Å². The monoisotopic (exact) mass is 284 g/mol. The van der Waals surface area contributed by atoms with Crippen molar-refractivity contribution in [3.8, 4) is 6.07 Å². The minimum atomic E-state index is -0.910. The first-order chi connectivity index (χ1) is 10.1. The lowest BCUT2D eigenvalue weighted by molar-refractivity contribution is -0.136. The first-order valence-electron chi connectivity index (χ1n) is 6.32. The predicted molar refractivity (Wildman–Crippen MR) is 76.2 cm³/mol. The van der Waals surface area contributed by atoms with E-state index in [0.717, 1.165) is 11.6 Å². The summed E-state index contributed by atoms with van der Waals surface area (Å²) >= 11 is 0. The molecule has 0 aliphatic carbocycles. The molecule has 5 heteroatoms. The van der Waals surface area contributed by atoms with Crippen LogP contribution in [0, 0.1) is 17.1 Å². The molecule has 2 rings (SSSR count). The van der Waals surface area contributed by atoms with E-state index in [4.69, 9.17) is 10.4 Å². The first kappa shape index (κ1) is 14.5. The Morgan fingerprint density at radius 3 is 2.57 bits per heavy atom. The zero-order valence-corrected chi connectivity index (χ0v) is 11.1. The van der Waals surface area contributed by atoms with Crippen molar-refractivity contribution in [2.24, 2.45) is 0 Å². The Hall–Kier alpha value is -2.87. The van der Waals surface area contributed by atoms with Gasteiger partial charge in [-0.1, -0.05) is 24.3 Å². The molecule has 21 heavy (non-hydrogen) atoms.